The summed E-state index contributed by atoms with van der Waals surface area (Å²) in [6.45, 7) is 0.886. The normalized spacial score (nSPS) is 34.3. The van der Waals surface area contributed by atoms with Crippen LogP contribution in [-0.2, 0) is 25.7 Å². The van der Waals surface area contributed by atoms with E-state index in [1.807, 2.05) is 0 Å². The topological polar surface area (TPSA) is 147 Å². The van der Waals surface area contributed by atoms with Crippen molar-refractivity contribution < 1.29 is 38.8 Å². The molecule has 11 heteroatoms. The molecule has 0 spiro atoms. The SMILES string of the molecule is COc1ccc(COC(=O)N/N=C2\C[C@@H](O)[C@@H](O)[C@@H]3[C@@H]4C(=O)N(C[C@@H]5CCCO5)C(=O)[C@@H]4CC[C@H]23)cc1. The Morgan fingerprint density at radius 1 is 1.14 bits per heavy atom. The summed E-state index contributed by atoms with van der Waals surface area (Å²) in [7, 11) is 1.57. The van der Waals surface area contributed by atoms with Gasteiger partial charge in [0.05, 0.1) is 43.8 Å². The van der Waals surface area contributed by atoms with E-state index in [9.17, 15) is 24.6 Å². The van der Waals surface area contributed by atoms with Gasteiger partial charge in [0, 0.05) is 30.6 Å². The first-order chi connectivity index (χ1) is 17.9. The lowest BCUT2D eigenvalue weighted by atomic mass is 9.60. The number of hydrazone groups is 1. The van der Waals surface area contributed by atoms with Crippen molar-refractivity contribution in [3.8, 4) is 5.75 Å². The highest BCUT2D eigenvalue weighted by Crippen LogP contribution is 2.49. The Labute approximate surface area is 214 Å². The molecule has 5 rings (SSSR count). The maximum Gasteiger partial charge on any atom is 0.428 e. The number of nitrogens with one attached hydrogen (secondary N) is 1. The molecule has 37 heavy (non-hydrogen) atoms. The first kappa shape index (κ1) is 25.6. The van der Waals surface area contributed by atoms with Gasteiger partial charge in [-0.15, -0.1) is 0 Å². The van der Waals surface area contributed by atoms with Crippen molar-refractivity contribution in [3.05, 3.63) is 29.8 Å². The third kappa shape index (κ3) is 5.07. The number of likely N-dealkylation sites (tertiary alicyclic amines) is 1. The summed E-state index contributed by atoms with van der Waals surface area (Å²) >= 11 is 0. The van der Waals surface area contributed by atoms with Crippen LogP contribution < -0.4 is 10.2 Å². The molecule has 2 saturated heterocycles. The quantitative estimate of drug-likeness (QED) is 0.378. The molecule has 2 heterocycles. The Hall–Kier alpha value is -3.02. The number of ether oxygens (including phenoxy) is 3. The molecule has 11 nitrogen and oxygen atoms in total. The average molecular weight is 516 g/mol. The molecular formula is C26H33N3O8. The van der Waals surface area contributed by atoms with E-state index in [0.29, 0.717) is 30.9 Å². The summed E-state index contributed by atoms with van der Waals surface area (Å²) < 4.78 is 16.0. The number of amides is 3. The summed E-state index contributed by atoms with van der Waals surface area (Å²) in [5.41, 5.74) is 3.64. The van der Waals surface area contributed by atoms with Gasteiger partial charge in [0.25, 0.3) is 0 Å². The van der Waals surface area contributed by atoms with Gasteiger partial charge in [0.15, 0.2) is 0 Å². The van der Waals surface area contributed by atoms with E-state index in [2.05, 4.69) is 10.5 Å². The second kappa shape index (κ2) is 10.8. The van der Waals surface area contributed by atoms with Crippen LogP contribution in [-0.4, -0.2) is 77.3 Å². The molecule has 4 aliphatic rings. The zero-order valence-corrected chi connectivity index (χ0v) is 20.7. The summed E-state index contributed by atoms with van der Waals surface area (Å²) in [6.07, 6.45) is -0.494. The molecule has 1 aromatic carbocycles. The second-order valence-corrected chi connectivity index (χ2v) is 10.2. The molecule has 1 aromatic rings. The largest absolute Gasteiger partial charge is 0.497 e. The van der Waals surface area contributed by atoms with Crippen molar-refractivity contribution in [2.24, 2.45) is 28.8 Å². The standard InChI is InChI=1S/C26H33N3O8/c1-35-15-6-4-14(5-7-15)13-37-26(34)28-27-19-11-20(30)23(31)21-17(19)8-9-18-22(21)25(33)29(24(18)32)12-16-3-2-10-36-16/h4-7,16-18,20-23,30-31H,2-3,8-13H2,1H3,(H,28,34)/b27-19+/t16-,17+,18+,20+,21-,22+,23+/m0/s1. The zero-order valence-electron chi connectivity index (χ0n) is 20.7. The summed E-state index contributed by atoms with van der Waals surface area (Å²) in [6, 6.07) is 7.09. The third-order valence-electron chi connectivity index (χ3n) is 8.10. The smallest absolute Gasteiger partial charge is 0.428 e. The van der Waals surface area contributed by atoms with Crippen LogP contribution in [0.5, 0.6) is 5.75 Å². The molecule has 200 valence electrons. The highest BCUT2D eigenvalue weighted by atomic mass is 16.6. The van der Waals surface area contributed by atoms with Crippen LogP contribution in [0.1, 0.15) is 37.7 Å². The highest BCUT2D eigenvalue weighted by Gasteiger charge is 2.59. The monoisotopic (exact) mass is 515 g/mol. The number of hydrogen-bond acceptors (Lipinski definition) is 9. The van der Waals surface area contributed by atoms with E-state index in [1.165, 1.54) is 4.90 Å². The number of carbonyl (C=O) groups excluding carboxylic acids is 3. The van der Waals surface area contributed by atoms with Crippen LogP contribution >= 0.6 is 0 Å². The van der Waals surface area contributed by atoms with Crippen molar-refractivity contribution in [1.29, 1.82) is 0 Å². The fraction of sp³-hybridized carbons (Fsp3) is 0.615. The van der Waals surface area contributed by atoms with Crippen LogP contribution in [0.25, 0.3) is 0 Å². The molecule has 0 unspecified atom stereocenters. The zero-order chi connectivity index (χ0) is 26.1. The van der Waals surface area contributed by atoms with Crippen molar-refractivity contribution in [1.82, 2.24) is 10.3 Å². The number of imide groups is 1. The molecule has 7 atom stereocenters. The molecule has 0 radical (unpaired) electrons. The summed E-state index contributed by atoms with van der Waals surface area (Å²) in [5, 5.41) is 25.7. The Bertz CT molecular complexity index is 1050. The summed E-state index contributed by atoms with van der Waals surface area (Å²) in [4.78, 5) is 40.1. The predicted octanol–water partition coefficient (Wildman–Crippen LogP) is 1.21. The number of hydrogen-bond donors (Lipinski definition) is 3. The number of aliphatic hydroxyl groups is 2. The van der Waals surface area contributed by atoms with E-state index in [4.69, 9.17) is 14.2 Å². The lowest BCUT2D eigenvalue weighted by Crippen LogP contribution is -2.55. The number of rotatable bonds is 6. The van der Waals surface area contributed by atoms with Gasteiger partial charge in [0.1, 0.15) is 12.4 Å². The van der Waals surface area contributed by atoms with Gasteiger partial charge < -0.3 is 24.4 Å². The van der Waals surface area contributed by atoms with E-state index < -0.39 is 36.1 Å². The highest BCUT2D eigenvalue weighted by molar-refractivity contribution is 6.06. The molecule has 2 aliphatic heterocycles. The van der Waals surface area contributed by atoms with Crippen LogP contribution in [0.2, 0.25) is 0 Å². The third-order valence-corrected chi connectivity index (χ3v) is 8.10. The van der Waals surface area contributed by atoms with Gasteiger partial charge in [-0.25, -0.2) is 10.2 Å². The van der Waals surface area contributed by atoms with Crippen molar-refractivity contribution >= 4 is 23.6 Å². The molecule has 0 aromatic heterocycles. The first-order valence-electron chi connectivity index (χ1n) is 12.8. The van der Waals surface area contributed by atoms with Crippen LogP contribution in [0.15, 0.2) is 29.4 Å². The number of methoxy groups -OCH3 is 1. The maximum atomic E-state index is 13.4. The predicted molar refractivity (Wildman–Crippen MR) is 129 cm³/mol. The Balaban J connectivity index is 1.26. The summed E-state index contributed by atoms with van der Waals surface area (Å²) in [5.74, 6) is -2.12. The maximum absolute atomic E-state index is 13.4. The molecular weight excluding hydrogens is 482 g/mol. The minimum absolute atomic E-state index is 0.0367. The lowest BCUT2D eigenvalue weighted by molar-refractivity contribution is -0.143. The van der Waals surface area contributed by atoms with E-state index in [0.717, 1.165) is 18.4 Å². The fourth-order valence-electron chi connectivity index (χ4n) is 6.26. The molecule has 2 aliphatic carbocycles. The molecule has 3 N–H and O–H groups in total. The van der Waals surface area contributed by atoms with E-state index in [-0.39, 0.29) is 43.4 Å². The Kier molecular flexibility index (Phi) is 7.45. The number of aliphatic hydroxyl groups excluding tert-OH is 2. The van der Waals surface area contributed by atoms with E-state index >= 15 is 0 Å². The van der Waals surface area contributed by atoms with Crippen LogP contribution in [0.3, 0.4) is 0 Å². The fourth-order valence-corrected chi connectivity index (χ4v) is 6.26. The van der Waals surface area contributed by atoms with E-state index in [1.54, 1.807) is 31.4 Å². The van der Waals surface area contributed by atoms with Gasteiger partial charge in [-0.05, 0) is 43.4 Å². The number of benzene rings is 1. The molecule has 2 saturated carbocycles. The van der Waals surface area contributed by atoms with Gasteiger partial charge in [-0.2, -0.15) is 5.10 Å². The lowest BCUT2D eigenvalue weighted by Gasteiger charge is -2.45. The first-order valence-corrected chi connectivity index (χ1v) is 12.8. The van der Waals surface area contributed by atoms with Gasteiger partial charge in [0.2, 0.25) is 11.8 Å². The second-order valence-electron chi connectivity index (χ2n) is 10.2. The van der Waals surface area contributed by atoms with Gasteiger partial charge in [-0.1, -0.05) is 12.1 Å². The van der Waals surface area contributed by atoms with Crippen molar-refractivity contribution in [3.63, 3.8) is 0 Å². The minimum atomic E-state index is -1.17. The number of carbonyl (C=O) groups is 3. The molecule has 3 amide bonds. The Morgan fingerprint density at radius 3 is 2.59 bits per heavy atom. The van der Waals surface area contributed by atoms with Crippen LogP contribution in [0.4, 0.5) is 4.79 Å². The molecule has 4 fully saturated rings. The van der Waals surface area contributed by atoms with Crippen LogP contribution in [0, 0.1) is 23.7 Å². The minimum Gasteiger partial charge on any atom is -0.497 e. The van der Waals surface area contributed by atoms with Gasteiger partial charge in [-0.3, -0.25) is 14.5 Å². The van der Waals surface area contributed by atoms with Crippen molar-refractivity contribution in [2.45, 2.75) is 57.0 Å². The number of fused-ring (bicyclic) bond motifs is 3. The Morgan fingerprint density at radius 2 is 1.89 bits per heavy atom. The average Bonchev–Trinajstić information content (AvgIpc) is 3.51. The van der Waals surface area contributed by atoms with Crippen molar-refractivity contribution in [2.75, 3.05) is 20.3 Å². The number of nitrogens with zero attached hydrogens (tertiary/aromatic N) is 2. The van der Waals surface area contributed by atoms with Gasteiger partial charge >= 0.3 is 6.09 Å². The molecule has 0 bridgehead atoms.